The van der Waals surface area contributed by atoms with Crippen LogP contribution in [-0.2, 0) is 4.74 Å². The lowest BCUT2D eigenvalue weighted by Crippen LogP contribution is -2.37. The average molecular weight is 439 g/mol. The summed E-state index contributed by atoms with van der Waals surface area (Å²) >= 11 is 0. The van der Waals surface area contributed by atoms with Crippen LogP contribution in [0.15, 0.2) is 71.4 Å². The van der Waals surface area contributed by atoms with Crippen LogP contribution in [0.5, 0.6) is 0 Å². The lowest BCUT2D eigenvalue weighted by atomic mass is 10.2. The summed E-state index contributed by atoms with van der Waals surface area (Å²) in [5, 5.41) is 10.7. The molecule has 0 bridgehead atoms. The molecule has 0 radical (unpaired) electrons. The highest BCUT2D eigenvalue weighted by atomic mass is 16.5. The van der Waals surface area contributed by atoms with Gasteiger partial charge in [-0.3, -0.25) is 10.1 Å². The number of anilines is 3. The van der Waals surface area contributed by atoms with Crippen molar-refractivity contribution < 1.29 is 9.15 Å². The number of furan rings is 1. The third-order valence-corrected chi connectivity index (χ3v) is 5.53. The van der Waals surface area contributed by atoms with E-state index in [1.165, 1.54) is 0 Å². The Balaban J connectivity index is 1.38. The molecular formula is C24H21N7O2. The van der Waals surface area contributed by atoms with Crippen molar-refractivity contribution in [2.45, 2.75) is 0 Å². The molecule has 164 valence electrons. The van der Waals surface area contributed by atoms with Crippen LogP contribution in [0, 0.1) is 0 Å². The number of hydrogen-bond acceptors (Lipinski definition) is 8. The Morgan fingerprint density at radius 3 is 2.55 bits per heavy atom. The molecular weight excluding hydrogens is 418 g/mol. The Kier molecular flexibility index (Phi) is 4.93. The predicted octanol–water partition coefficient (Wildman–Crippen LogP) is 4.26. The summed E-state index contributed by atoms with van der Waals surface area (Å²) in [4.78, 5) is 15.8. The average Bonchev–Trinajstić information content (AvgIpc) is 3.53. The monoisotopic (exact) mass is 439 g/mol. The minimum Gasteiger partial charge on any atom is -0.450 e. The fourth-order valence-electron chi connectivity index (χ4n) is 3.88. The summed E-state index contributed by atoms with van der Waals surface area (Å²) < 4.78 is 11.7. The smallest absolute Gasteiger partial charge is 0.231 e. The molecule has 4 aromatic heterocycles. The molecule has 5 heterocycles. The number of benzene rings is 1. The third kappa shape index (κ3) is 3.90. The van der Waals surface area contributed by atoms with E-state index >= 15 is 0 Å². The summed E-state index contributed by atoms with van der Waals surface area (Å²) in [5.41, 5.74) is 4.28. The molecule has 2 N–H and O–H groups in total. The van der Waals surface area contributed by atoms with Gasteiger partial charge in [0.25, 0.3) is 0 Å². The van der Waals surface area contributed by atoms with Gasteiger partial charge in [-0.05, 0) is 17.7 Å². The van der Waals surface area contributed by atoms with Crippen LogP contribution in [0.3, 0.4) is 0 Å². The van der Waals surface area contributed by atoms with Gasteiger partial charge in [0.2, 0.25) is 5.95 Å². The van der Waals surface area contributed by atoms with Crippen molar-refractivity contribution in [1.82, 2.24) is 25.1 Å². The largest absolute Gasteiger partial charge is 0.450 e. The first-order chi connectivity index (χ1) is 16.3. The maximum absolute atomic E-state index is 6.22. The molecule has 33 heavy (non-hydrogen) atoms. The normalized spacial score (nSPS) is 14.0. The minimum absolute atomic E-state index is 0.456. The molecule has 0 atom stereocenters. The fourth-order valence-corrected chi connectivity index (χ4v) is 3.88. The first-order valence-electron chi connectivity index (χ1n) is 10.8. The van der Waals surface area contributed by atoms with Gasteiger partial charge in [-0.15, -0.1) is 0 Å². The molecule has 1 aromatic carbocycles. The number of fused-ring (bicyclic) bond motifs is 1. The van der Waals surface area contributed by atoms with E-state index in [1.54, 1.807) is 12.4 Å². The molecule has 1 fully saturated rings. The van der Waals surface area contributed by atoms with E-state index in [0.717, 1.165) is 47.0 Å². The number of hydrogen-bond donors (Lipinski definition) is 2. The van der Waals surface area contributed by atoms with E-state index in [4.69, 9.17) is 19.1 Å². The molecule has 1 aliphatic rings. The number of aromatic nitrogens is 5. The van der Waals surface area contributed by atoms with Gasteiger partial charge >= 0.3 is 0 Å². The van der Waals surface area contributed by atoms with Gasteiger partial charge in [-0.2, -0.15) is 10.1 Å². The lowest BCUT2D eigenvalue weighted by Gasteiger charge is -2.27. The summed E-state index contributed by atoms with van der Waals surface area (Å²) in [6.45, 7) is 2.76. The topological polar surface area (TPSA) is 105 Å². The molecule has 0 spiro atoms. The zero-order valence-corrected chi connectivity index (χ0v) is 17.7. The number of rotatable bonds is 5. The zero-order valence-electron chi connectivity index (χ0n) is 17.7. The second kappa shape index (κ2) is 8.36. The Morgan fingerprint density at radius 2 is 1.73 bits per heavy atom. The van der Waals surface area contributed by atoms with Crippen LogP contribution in [0.2, 0.25) is 0 Å². The fraction of sp³-hybridized carbons (Fsp3) is 0.167. The maximum atomic E-state index is 6.22. The second-order valence-electron chi connectivity index (χ2n) is 7.69. The van der Waals surface area contributed by atoms with Gasteiger partial charge in [0.15, 0.2) is 17.2 Å². The van der Waals surface area contributed by atoms with Crippen LogP contribution in [-0.4, -0.2) is 51.5 Å². The number of aromatic amines is 1. The molecule has 9 nitrogen and oxygen atoms in total. The van der Waals surface area contributed by atoms with Crippen LogP contribution < -0.4 is 10.2 Å². The minimum atomic E-state index is 0.456. The molecule has 6 rings (SSSR count). The van der Waals surface area contributed by atoms with Crippen molar-refractivity contribution in [1.29, 1.82) is 0 Å². The summed E-state index contributed by atoms with van der Waals surface area (Å²) in [6.07, 6.45) is 3.48. The quantitative estimate of drug-likeness (QED) is 0.419. The second-order valence-corrected chi connectivity index (χ2v) is 7.69. The molecule has 0 aliphatic carbocycles. The number of nitrogens with zero attached hydrogens (tertiary/aromatic N) is 5. The molecule has 0 unspecified atom stereocenters. The van der Waals surface area contributed by atoms with E-state index in [1.807, 2.05) is 54.6 Å². The van der Waals surface area contributed by atoms with Crippen molar-refractivity contribution in [3.63, 3.8) is 0 Å². The Labute approximate surface area is 189 Å². The standard InChI is InChI=1S/C24H21N7O2/c1-2-4-16(5-3-1)18-15-21(30-29-18)27-24-26-19-14-20(17-6-8-25-9-7-17)33-22(19)23(28-24)31-10-12-32-13-11-31/h1-9,14-15H,10-13H2,(H2,26,27,28,29,30). The number of pyridine rings is 1. The molecule has 1 aliphatic heterocycles. The van der Waals surface area contributed by atoms with Crippen LogP contribution in [0.1, 0.15) is 0 Å². The molecule has 0 amide bonds. The summed E-state index contributed by atoms with van der Waals surface area (Å²) in [7, 11) is 0. The Bertz CT molecular complexity index is 1380. The summed E-state index contributed by atoms with van der Waals surface area (Å²) in [6, 6.07) is 17.7. The zero-order chi connectivity index (χ0) is 22.0. The van der Waals surface area contributed by atoms with Crippen LogP contribution in [0.4, 0.5) is 17.6 Å². The van der Waals surface area contributed by atoms with E-state index in [9.17, 15) is 0 Å². The molecule has 1 saturated heterocycles. The Hall–Kier alpha value is -4.24. The SMILES string of the molecule is c1ccc(-c2cc(Nc3nc(N4CCOCC4)c4oc(-c5ccncc5)cc4n3)n[nH]2)cc1. The van der Waals surface area contributed by atoms with Crippen molar-refractivity contribution in [3.8, 4) is 22.6 Å². The highest BCUT2D eigenvalue weighted by Gasteiger charge is 2.21. The van der Waals surface area contributed by atoms with Gasteiger partial charge in [-0.1, -0.05) is 30.3 Å². The molecule has 9 heteroatoms. The first kappa shape index (κ1) is 19.4. The van der Waals surface area contributed by atoms with Crippen LogP contribution in [0.25, 0.3) is 33.7 Å². The van der Waals surface area contributed by atoms with E-state index in [-0.39, 0.29) is 0 Å². The molecule has 0 saturated carbocycles. The number of morpholine rings is 1. The number of nitrogens with one attached hydrogen (secondary N) is 2. The number of ether oxygens (including phenoxy) is 1. The first-order valence-corrected chi connectivity index (χ1v) is 10.8. The van der Waals surface area contributed by atoms with E-state index < -0.39 is 0 Å². The van der Waals surface area contributed by atoms with Gasteiger partial charge in [-0.25, -0.2) is 4.98 Å². The summed E-state index contributed by atoms with van der Waals surface area (Å²) in [5.74, 6) is 2.56. The predicted molar refractivity (Wildman–Crippen MR) is 125 cm³/mol. The van der Waals surface area contributed by atoms with Gasteiger partial charge in [0, 0.05) is 43.2 Å². The van der Waals surface area contributed by atoms with E-state index in [2.05, 4.69) is 25.4 Å². The van der Waals surface area contributed by atoms with Crippen molar-refractivity contribution >= 4 is 28.7 Å². The third-order valence-electron chi connectivity index (χ3n) is 5.53. The maximum Gasteiger partial charge on any atom is 0.231 e. The highest BCUT2D eigenvalue weighted by molar-refractivity contribution is 5.89. The Morgan fingerprint density at radius 1 is 0.909 bits per heavy atom. The number of H-pyrrole nitrogens is 1. The van der Waals surface area contributed by atoms with Crippen LogP contribution >= 0.6 is 0 Å². The van der Waals surface area contributed by atoms with Gasteiger partial charge in [0.1, 0.15) is 11.3 Å². The van der Waals surface area contributed by atoms with Gasteiger partial charge < -0.3 is 19.4 Å². The van der Waals surface area contributed by atoms with Crippen molar-refractivity contribution in [2.75, 3.05) is 36.5 Å². The lowest BCUT2D eigenvalue weighted by molar-refractivity contribution is 0.122. The van der Waals surface area contributed by atoms with Crippen molar-refractivity contribution in [2.24, 2.45) is 0 Å². The van der Waals surface area contributed by atoms with Gasteiger partial charge in [0.05, 0.1) is 18.9 Å². The van der Waals surface area contributed by atoms with Crippen molar-refractivity contribution in [3.05, 3.63) is 67.0 Å². The molecule has 5 aromatic rings. The highest BCUT2D eigenvalue weighted by Crippen LogP contribution is 2.33. The van der Waals surface area contributed by atoms with E-state index in [0.29, 0.717) is 30.6 Å².